The highest BCUT2D eigenvalue weighted by Crippen LogP contribution is 2.39. The Balaban J connectivity index is 2.08. The predicted octanol–water partition coefficient (Wildman–Crippen LogP) is 4.81. The van der Waals surface area contributed by atoms with Gasteiger partial charge in [0.15, 0.2) is 5.75 Å². The molecule has 0 amide bonds. The molecular weight excluding hydrogens is 330 g/mol. The van der Waals surface area contributed by atoms with Crippen LogP contribution in [-0.4, -0.2) is 32.3 Å². The standard InChI is InChI=1S/C20H19N3O3/c1-23(2)15-10-8-14(9-11-15)21-22-18-16-7-5-4-6-13(16)12-17(19(18)24)20(25)26-3/h4-12,24H,1-3H3/b22-21+. The van der Waals surface area contributed by atoms with Crippen molar-refractivity contribution in [3.63, 3.8) is 0 Å². The van der Waals surface area contributed by atoms with Gasteiger partial charge in [-0.05, 0) is 35.7 Å². The molecule has 0 aromatic heterocycles. The van der Waals surface area contributed by atoms with Gasteiger partial charge in [-0.3, -0.25) is 0 Å². The third kappa shape index (κ3) is 3.35. The second kappa shape index (κ2) is 7.23. The van der Waals surface area contributed by atoms with E-state index in [9.17, 15) is 9.90 Å². The van der Waals surface area contributed by atoms with Gasteiger partial charge in [0, 0.05) is 25.2 Å². The van der Waals surface area contributed by atoms with Crippen molar-refractivity contribution in [1.29, 1.82) is 0 Å². The van der Waals surface area contributed by atoms with Crippen LogP contribution in [0.5, 0.6) is 5.75 Å². The number of rotatable bonds is 4. The fourth-order valence-corrected chi connectivity index (χ4v) is 2.61. The minimum atomic E-state index is -0.625. The van der Waals surface area contributed by atoms with E-state index in [1.165, 1.54) is 7.11 Å². The molecule has 132 valence electrons. The van der Waals surface area contributed by atoms with Gasteiger partial charge in [-0.2, -0.15) is 5.11 Å². The van der Waals surface area contributed by atoms with E-state index in [2.05, 4.69) is 10.2 Å². The van der Waals surface area contributed by atoms with Crippen molar-refractivity contribution in [3.8, 4) is 5.75 Å². The summed E-state index contributed by atoms with van der Waals surface area (Å²) in [6.07, 6.45) is 0. The van der Waals surface area contributed by atoms with E-state index < -0.39 is 5.97 Å². The SMILES string of the molecule is COC(=O)c1cc2ccccc2c(/N=N/c2ccc(N(C)C)cc2)c1O. The maximum Gasteiger partial charge on any atom is 0.341 e. The Morgan fingerprint density at radius 2 is 1.73 bits per heavy atom. The third-order valence-corrected chi connectivity index (χ3v) is 4.03. The van der Waals surface area contributed by atoms with Crippen molar-refractivity contribution in [2.75, 3.05) is 26.1 Å². The number of hydrogen-bond donors (Lipinski definition) is 1. The largest absolute Gasteiger partial charge is 0.505 e. The molecule has 0 fully saturated rings. The highest BCUT2D eigenvalue weighted by atomic mass is 16.5. The second-order valence-electron chi connectivity index (χ2n) is 5.94. The number of phenolic OH excluding ortho intramolecular Hbond substituents is 1. The summed E-state index contributed by atoms with van der Waals surface area (Å²) in [4.78, 5) is 13.9. The van der Waals surface area contributed by atoms with Crippen LogP contribution in [0.3, 0.4) is 0 Å². The lowest BCUT2D eigenvalue weighted by Crippen LogP contribution is -2.07. The summed E-state index contributed by atoms with van der Waals surface area (Å²) in [6.45, 7) is 0. The Kier molecular flexibility index (Phi) is 4.84. The van der Waals surface area contributed by atoms with Crippen molar-refractivity contribution in [1.82, 2.24) is 0 Å². The smallest absolute Gasteiger partial charge is 0.341 e. The number of carbonyl (C=O) groups excluding carboxylic acids is 1. The average Bonchev–Trinajstić information content (AvgIpc) is 2.66. The van der Waals surface area contributed by atoms with E-state index in [-0.39, 0.29) is 17.0 Å². The quantitative estimate of drug-likeness (QED) is 0.541. The van der Waals surface area contributed by atoms with Gasteiger partial charge in [-0.15, -0.1) is 5.11 Å². The zero-order valence-electron chi connectivity index (χ0n) is 14.8. The lowest BCUT2D eigenvalue weighted by Gasteiger charge is -2.11. The van der Waals surface area contributed by atoms with Crippen molar-refractivity contribution in [2.24, 2.45) is 10.2 Å². The predicted molar refractivity (Wildman–Crippen MR) is 102 cm³/mol. The monoisotopic (exact) mass is 349 g/mol. The molecule has 0 bridgehead atoms. The molecule has 0 atom stereocenters. The topological polar surface area (TPSA) is 74.5 Å². The highest BCUT2D eigenvalue weighted by Gasteiger charge is 2.18. The number of methoxy groups -OCH3 is 1. The Morgan fingerprint density at radius 1 is 1.04 bits per heavy atom. The van der Waals surface area contributed by atoms with E-state index in [1.54, 1.807) is 6.07 Å². The molecule has 3 aromatic rings. The van der Waals surface area contributed by atoms with Crippen LogP contribution in [0.15, 0.2) is 64.8 Å². The summed E-state index contributed by atoms with van der Waals surface area (Å²) in [5.41, 5.74) is 1.98. The van der Waals surface area contributed by atoms with E-state index in [4.69, 9.17) is 4.74 Å². The van der Waals surface area contributed by atoms with Crippen LogP contribution >= 0.6 is 0 Å². The molecule has 0 saturated heterocycles. The van der Waals surface area contributed by atoms with Crippen LogP contribution in [0, 0.1) is 0 Å². The Morgan fingerprint density at radius 3 is 2.38 bits per heavy atom. The zero-order chi connectivity index (χ0) is 18.7. The summed E-state index contributed by atoms with van der Waals surface area (Å²) < 4.78 is 4.74. The lowest BCUT2D eigenvalue weighted by molar-refractivity contribution is 0.0597. The average molecular weight is 349 g/mol. The fourth-order valence-electron chi connectivity index (χ4n) is 2.61. The molecule has 3 rings (SSSR count). The van der Waals surface area contributed by atoms with Gasteiger partial charge in [-0.25, -0.2) is 4.79 Å². The number of carbonyl (C=O) groups is 1. The van der Waals surface area contributed by atoms with Crippen LogP contribution in [0.2, 0.25) is 0 Å². The van der Waals surface area contributed by atoms with E-state index in [0.717, 1.165) is 11.1 Å². The van der Waals surface area contributed by atoms with Crippen molar-refractivity contribution < 1.29 is 14.6 Å². The molecule has 0 radical (unpaired) electrons. The molecule has 0 spiro atoms. The zero-order valence-corrected chi connectivity index (χ0v) is 14.8. The number of ether oxygens (including phenoxy) is 1. The van der Waals surface area contributed by atoms with Crippen LogP contribution < -0.4 is 4.90 Å². The lowest BCUT2D eigenvalue weighted by atomic mass is 10.0. The summed E-state index contributed by atoms with van der Waals surface area (Å²) in [6, 6.07) is 16.5. The number of azo groups is 1. The first-order valence-corrected chi connectivity index (χ1v) is 8.03. The molecule has 6 heteroatoms. The second-order valence-corrected chi connectivity index (χ2v) is 5.94. The first kappa shape index (κ1) is 17.4. The van der Waals surface area contributed by atoms with E-state index in [1.807, 2.05) is 67.5 Å². The van der Waals surface area contributed by atoms with Gasteiger partial charge in [0.05, 0.1) is 12.8 Å². The number of phenols is 1. The first-order valence-electron chi connectivity index (χ1n) is 8.03. The van der Waals surface area contributed by atoms with E-state index >= 15 is 0 Å². The number of fused-ring (bicyclic) bond motifs is 1. The van der Waals surface area contributed by atoms with Crippen LogP contribution in [0.4, 0.5) is 17.1 Å². The number of anilines is 1. The molecule has 26 heavy (non-hydrogen) atoms. The Labute approximate surface area is 151 Å². The van der Waals surface area contributed by atoms with Crippen molar-refractivity contribution >= 4 is 33.8 Å². The normalized spacial score (nSPS) is 11.0. The fraction of sp³-hybridized carbons (Fsp3) is 0.150. The van der Waals surface area contributed by atoms with Gasteiger partial charge < -0.3 is 14.7 Å². The first-order chi connectivity index (χ1) is 12.5. The molecule has 1 N–H and O–H groups in total. The van der Waals surface area contributed by atoms with Crippen LogP contribution in [0.1, 0.15) is 10.4 Å². The molecule has 0 saturated carbocycles. The molecule has 0 unspecified atom stereocenters. The van der Waals surface area contributed by atoms with Crippen LogP contribution in [0.25, 0.3) is 10.8 Å². The maximum absolute atomic E-state index is 11.9. The molecular formula is C20H19N3O3. The Bertz CT molecular complexity index is 980. The molecule has 0 aliphatic rings. The minimum Gasteiger partial charge on any atom is -0.505 e. The number of aromatic hydroxyl groups is 1. The summed E-state index contributed by atoms with van der Waals surface area (Å²) in [7, 11) is 5.18. The summed E-state index contributed by atoms with van der Waals surface area (Å²) in [5.74, 6) is -0.871. The van der Waals surface area contributed by atoms with Gasteiger partial charge in [0.1, 0.15) is 11.3 Å². The molecule has 0 aliphatic heterocycles. The van der Waals surface area contributed by atoms with Gasteiger partial charge in [0.2, 0.25) is 0 Å². The van der Waals surface area contributed by atoms with Crippen molar-refractivity contribution in [3.05, 3.63) is 60.2 Å². The van der Waals surface area contributed by atoms with E-state index in [0.29, 0.717) is 11.1 Å². The number of nitrogens with zero attached hydrogens (tertiary/aromatic N) is 3. The molecule has 3 aromatic carbocycles. The summed E-state index contributed by atoms with van der Waals surface area (Å²) >= 11 is 0. The Hall–Kier alpha value is -3.41. The van der Waals surface area contributed by atoms with Crippen molar-refractivity contribution in [2.45, 2.75) is 0 Å². The number of hydrogen-bond acceptors (Lipinski definition) is 6. The highest BCUT2D eigenvalue weighted by molar-refractivity contribution is 6.04. The van der Waals surface area contributed by atoms with Gasteiger partial charge in [-0.1, -0.05) is 24.3 Å². The molecule has 0 heterocycles. The van der Waals surface area contributed by atoms with Gasteiger partial charge in [0.25, 0.3) is 0 Å². The summed E-state index contributed by atoms with van der Waals surface area (Å²) in [5, 5.41) is 20.4. The minimum absolute atomic E-state index is 0.0584. The van der Waals surface area contributed by atoms with Gasteiger partial charge >= 0.3 is 5.97 Å². The molecule has 0 aliphatic carbocycles. The molecule has 6 nitrogen and oxygen atoms in total. The number of benzene rings is 3. The third-order valence-electron chi connectivity index (χ3n) is 4.03. The van der Waals surface area contributed by atoms with Crippen LogP contribution in [-0.2, 0) is 4.74 Å². The number of esters is 1. The maximum atomic E-state index is 11.9.